The summed E-state index contributed by atoms with van der Waals surface area (Å²) in [6.07, 6.45) is 0.333. The number of nitrogens with one attached hydrogen (secondary N) is 1. The molecule has 0 aromatic heterocycles. The number of carboxylic acid groups (broad SMARTS) is 1. The van der Waals surface area contributed by atoms with E-state index >= 15 is 0 Å². The molecule has 0 spiro atoms. The summed E-state index contributed by atoms with van der Waals surface area (Å²) in [4.78, 5) is 32.1. The number of hydrogen-bond acceptors (Lipinski definition) is 4. The standard InChI is InChI=1S/C12H13FN2O5/c1-2-7(12(17)18)6-14-11(16)8-3-4-9(13)10(5-8)15(19)20/h3-5,7H,2,6H2,1H3,(H,14,16)(H,17,18). The first kappa shape index (κ1) is 15.5. The Balaban J connectivity index is 2.80. The van der Waals surface area contributed by atoms with E-state index in [1.165, 1.54) is 0 Å². The molecule has 0 aliphatic rings. The van der Waals surface area contributed by atoms with Gasteiger partial charge in [-0.1, -0.05) is 6.92 Å². The van der Waals surface area contributed by atoms with E-state index < -0.39 is 34.2 Å². The Labute approximate surface area is 113 Å². The SMILES string of the molecule is CCC(CNC(=O)c1ccc(F)c([N+](=O)[O-])c1)C(=O)O. The zero-order valence-electron chi connectivity index (χ0n) is 10.6. The third-order valence-electron chi connectivity index (χ3n) is 2.76. The van der Waals surface area contributed by atoms with Crippen molar-refractivity contribution in [1.29, 1.82) is 0 Å². The van der Waals surface area contributed by atoms with Crippen LogP contribution in [0.25, 0.3) is 0 Å². The Hall–Kier alpha value is -2.51. The van der Waals surface area contributed by atoms with Crippen LogP contribution in [0.2, 0.25) is 0 Å². The van der Waals surface area contributed by atoms with E-state index in [1.807, 2.05) is 0 Å². The zero-order chi connectivity index (χ0) is 15.3. The number of hydrogen-bond donors (Lipinski definition) is 2. The van der Waals surface area contributed by atoms with Crippen molar-refractivity contribution in [3.05, 3.63) is 39.7 Å². The largest absolute Gasteiger partial charge is 0.481 e. The molecule has 0 saturated carbocycles. The van der Waals surface area contributed by atoms with Gasteiger partial charge in [-0.25, -0.2) is 0 Å². The lowest BCUT2D eigenvalue weighted by Crippen LogP contribution is -2.32. The van der Waals surface area contributed by atoms with E-state index in [4.69, 9.17) is 5.11 Å². The maximum Gasteiger partial charge on any atom is 0.308 e. The van der Waals surface area contributed by atoms with Gasteiger partial charge in [0.1, 0.15) is 0 Å². The van der Waals surface area contributed by atoms with E-state index in [1.54, 1.807) is 6.92 Å². The maximum absolute atomic E-state index is 13.1. The molecule has 7 nitrogen and oxygen atoms in total. The van der Waals surface area contributed by atoms with Crippen molar-refractivity contribution in [3.8, 4) is 0 Å². The second-order valence-corrected chi connectivity index (χ2v) is 4.08. The van der Waals surface area contributed by atoms with Crippen LogP contribution < -0.4 is 5.32 Å². The lowest BCUT2D eigenvalue weighted by atomic mass is 10.1. The quantitative estimate of drug-likeness (QED) is 0.608. The summed E-state index contributed by atoms with van der Waals surface area (Å²) >= 11 is 0. The van der Waals surface area contributed by atoms with Crippen LogP contribution in [0.3, 0.4) is 0 Å². The Kier molecular flexibility index (Phi) is 5.13. The topological polar surface area (TPSA) is 110 Å². The molecule has 0 saturated heterocycles. The molecule has 20 heavy (non-hydrogen) atoms. The third-order valence-corrected chi connectivity index (χ3v) is 2.76. The molecule has 1 aromatic carbocycles. The molecule has 2 N–H and O–H groups in total. The van der Waals surface area contributed by atoms with Gasteiger partial charge in [-0.3, -0.25) is 19.7 Å². The van der Waals surface area contributed by atoms with Crippen molar-refractivity contribution in [1.82, 2.24) is 5.32 Å². The fourth-order valence-corrected chi connectivity index (χ4v) is 1.52. The fourth-order valence-electron chi connectivity index (χ4n) is 1.52. The maximum atomic E-state index is 13.1. The van der Waals surface area contributed by atoms with Gasteiger partial charge in [-0.2, -0.15) is 4.39 Å². The summed E-state index contributed by atoms with van der Waals surface area (Å²) in [5.41, 5.74) is -0.902. The number of benzene rings is 1. The molecule has 0 heterocycles. The molecule has 1 unspecified atom stereocenters. The first-order valence-electron chi connectivity index (χ1n) is 5.81. The van der Waals surface area contributed by atoms with Crippen molar-refractivity contribution in [2.45, 2.75) is 13.3 Å². The van der Waals surface area contributed by atoms with Crippen molar-refractivity contribution in [2.24, 2.45) is 5.92 Å². The van der Waals surface area contributed by atoms with Gasteiger partial charge in [-0.05, 0) is 18.6 Å². The number of nitro benzene ring substituents is 1. The van der Waals surface area contributed by atoms with Crippen LogP contribution in [-0.4, -0.2) is 28.5 Å². The van der Waals surface area contributed by atoms with Gasteiger partial charge in [0, 0.05) is 18.2 Å². The van der Waals surface area contributed by atoms with E-state index in [0.29, 0.717) is 6.42 Å². The van der Waals surface area contributed by atoms with Crippen molar-refractivity contribution in [2.75, 3.05) is 6.54 Å². The van der Waals surface area contributed by atoms with Gasteiger partial charge in [-0.15, -0.1) is 0 Å². The minimum absolute atomic E-state index is 0.0988. The molecular formula is C12H13FN2O5. The number of rotatable bonds is 6. The third kappa shape index (κ3) is 3.74. The molecule has 0 radical (unpaired) electrons. The summed E-state index contributed by atoms with van der Waals surface area (Å²) in [6, 6.07) is 2.73. The predicted octanol–water partition coefficient (Wildman–Crippen LogP) is 1.57. The predicted molar refractivity (Wildman–Crippen MR) is 66.8 cm³/mol. The highest BCUT2D eigenvalue weighted by Gasteiger charge is 2.19. The van der Waals surface area contributed by atoms with E-state index in [2.05, 4.69) is 5.32 Å². The molecule has 0 bridgehead atoms. The van der Waals surface area contributed by atoms with Gasteiger partial charge >= 0.3 is 11.7 Å². The van der Waals surface area contributed by atoms with E-state index in [9.17, 15) is 24.1 Å². The minimum atomic E-state index is -1.04. The van der Waals surface area contributed by atoms with Gasteiger partial charge in [0.15, 0.2) is 0 Å². The van der Waals surface area contributed by atoms with Crippen LogP contribution in [0.4, 0.5) is 10.1 Å². The molecule has 108 valence electrons. The number of carboxylic acids is 1. The van der Waals surface area contributed by atoms with Crippen LogP contribution in [0, 0.1) is 21.8 Å². The van der Waals surface area contributed by atoms with Crippen molar-refractivity contribution >= 4 is 17.6 Å². The minimum Gasteiger partial charge on any atom is -0.481 e. The summed E-state index contributed by atoms with van der Waals surface area (Å²) in [6.45, 7) is 1.56. The number of nitrogens with zero attached hydrogens (tertiary/aromatic N) is 1. The van der Waals surface area contributed by atoms with Crippen molar-refractivity contribution in [3.63, 3.8) is 0 Å². The molecule has 1 rings (SSSR count). The fraction of sp³-hybridized carbons (Fsp3) is 0.333. The summed E-state index contributed by atoms with van der Waals surface area (Å²) in [5, 5.41) is 21.7. The van der Waals surface area contributed by atoms with Crippen LogP contribution >= 0.6 is 0 Å². The average Bonchev–Trinajstić information content (AvgIpc) is 2.38. The lowest BCUT2D eigenvalue weighted by Gasteiger charge is -2.11. The van der Waals surface area contributed by atoms with Crippen LogP contribution in [0.1, 0.15) is 23.7 Å². The normalized spacial score (nSPS) is 11.7. The van der Waals surface area contributed by atoms with Gasteiger partial charge in [0.2, 0.25) is 5.82 Å². The average molecular weight is 284 g/mol. The van der Waals surface area contributed by atoms with Crippen LogP contribution in [0.15, 0.2) is 18.2 Å². The second-order valence-electron chi connectivity index (χ2n) is 4.08. The number of nitro groups is 1. The highest BCUT2D eigenvalue weighted by atomic mass is 19.1. The highest BCUT2D eigenvalue weighted by Crippen LogP contribution is 2.18. The smallest absolute Gasteiger partial charge is 0.308 e. The molecule has 1 amide bonds. The van der Waals surface area contributed by atoms with E-state index in [0.717, 1.165) is 18.2 Å². The van der Waals surface area contributed by atoms with E-state index in [-0.39, 0.29) is 12.1 Å². The number of halogens is 1. The van der Waals surface area contributed by atoms with Gasteiger partial charge in [0.05, 0.1) is 10.8 Å². The molecule has 8 heteroatoms. The van der Waals surface area contributed by atoms with Gasteiger partial charge in [0.25, 0.3) is 5.91 Å². The van der Waals surface area contributed by atoms with Crippen molar-refractivity contribution < 1.29 is 24.0 Å². The number of carbonyl (C=O) groups is 2. The Morgan fingerprint density at radius 3 is 2.65 bits per heavy atom. The Bertz CT molecular complexity index is 547. The summed E-state index contributed by atoms with van der Waals surface area (Å²) < 4.78 is 13.1. The Morgan fingerprint density at radius 1 is 1.50 bits per heavy atom. The number of amides is 1. The molecular weight excluding hydrogens is 271 g/mol. The molecule has 1 atom stereocenters. The zero-order valence-corrected chi connectivity index (χ0v) is 10.6. The van der Waals surface area contributed by atoms with Crippen LogP contribution in [-0.2, 0) is 4.79 Å². The number of carbonyl (C=O) groups excluding carboxylic acids is 1. The molecule has 0 aliphatic carbocycles. The van der Waals surface area contributed by atoms with Crippen LogP contribution in [0.5, 0.6) is 0 Å². The second kappa shape index (κ2) is 6.60. The lowest BCUT2D eigenvalue weighted by molar-refractivity contribution is -0.387. The van der Waals surface area contributed by atoms with Gasteiger partial charge < -0.3 is 10.4 Å². The number of aliphatic carboxylic acids is 1. The Morgan fingerprint density at radius 2 is 2.15 bits per heavy atom. The summed E-state index contributed by atoms with van der Waals surface area (Å²) in [7, 11) is 0. The molecule has 1 aromatic rings. The first-order valence-corrected chi connectivity index (χ1v) is 5.81. The highest BCUT2D eigenvalue weighted by molar-refractivity contribution is 5.95. The molecule has 0 aliphatic heterocycles. The monoisotopic (exact) mass is 284 g/mol. The first-order chi connectivity index (χ1) is 9.36. The molecule has 0 fully saturated rings. The summed E-state index contributed by atoms with van der Waals surface area (Å²) in [5.74, 6) is -3.51.